The second-order valence-corrected chi connectivity index (χ2v) is 6.45. The van der Waals surface area contributed by atoms with Crippen LogP contribution in [-0.4, -0.2) is 101 Å². The Morgan fingerprint density at radius 3 is 1.44 bits per heavy atom. The fraction of sp³-hybridized carbons (Fsp3) is 0.643. The summed E-state index contributed by atoms with van der Waals surface area (Å²) >= 11 is 0. The van der Waals surface area contributed by atoms with Crippen LogP contribution in [0.4, 0.5) is 39.5 Å². The molecule has 1 atom stereocenters. The van der Waals surface area contributed by atoms with Crippen LogP contribution in [0.2, 0.25) is 0 Å². The molecule has 0 heterocycles. The highest BCUT2D eigenvalue weighted by Gasteiger charge is 2.45. The monoisotopic (exact) mass is 597 g/mol. The van der Waals surface area contributed by atoms with Crippen LogP contribution in [0.3, 0.4) is 0 Å². The first kappa shape index (κ1) is 34.5. The molecule has 0 spiro atoms. The Bertz CT molecular complexity index is 983. The number of halogens is 9. The van der Waals surface area contributed by atoms with Crippen molar-refractivity contribution in [2.45, 2.75) is 31.0 Å². The molecule has 0 aromatic carbocycles. The molecule has 0 radical (unpaired) electrons. The van der Waals surface area contributed by atoms with E-state index in [-0.39, 0.29) is 0 Å². The molecule has 0 fully saturated rings. The van der Waals surface area contributed by atoms with E-state index in [4.69, 9.17) is 0 Å². The first-order valence-corrected chi connectivity index (χ1v) is 9.26. The van der Waals surface area contributed by atoms with Crippen molar-refractivity contribution in [2.75, 3.05) is 26.3 Å². The predicted octanol–water partition coefficient (Wildman–Crippen LogP) is -0.325. The van der Waals surface area contributed by atoms with Gasteiger partial charge < -0.3 is 14.8 Å². The Hall–Kier alpha value is -4.48. The van der Waals surface area contributed by atoms with E-state index in [9.17, 15) is 83.7 Å². The average Bonchev–Trinajstić information content (AvgIpc) is 2.75. The van der Waals surface area contributed by atoms with E-state index >= 15 is 0 Å². The molecule has 0 aliphatic heterocycles. The molecule has 0 bridgehead atoms. The Balaban J connectivity index is 5.83. The number of rotatable bonds is 12. The molecule has 0 aromatic rings. The average molecular weight is 597 g/mol. The van der Waals surface area contributed by atoms with Gasteiger partial charge in [0.2, 0.25) is 0 Å². The van der Waals surface area contributed by atoms with E-state index in [0.717, 1.165) is 5.32 Å². The van der Waals surface area contributed by atoms with Crippen molar-refractivity contribution >= 4 is 29.7 Å². The predicted molar refractivity (Wildman–Crippen MR) is 94.0 cm³/mol. The van der Waals surface area contributed by atoms with E-state index in [2.05, 4.69) is 9.47 Å². The fourth-order valence-electron chi connectivity index (χ4n) is 2.08. The lowest BCUT2D eigenvalue weighted by atomic mass is 10.1. The lowest BCUT2D eigenvalue weighted by Gasteiger charge is -2.22. The fourth-order valence-corrected chi connectivity index (χ4v) is 2.08. The summed E-state index contributed by atoms with van der Waals surface area (Å²) in [6.45, 7) is -6.23. The van der Waals surface area contributed by atoms with Gasteiger partial charge in [0.05, 0.1) is 6.42 Å². The smallest absolute Gasteiger partial charge is 0.457 e. The minimum absolute atomic E-state index is 0.689. The van der Waals surface area contributed by atoms with E-state index in [1.807, 2.05) is 0 Å². The van der Waals surface area contributed by atoms with E-state index in [0.29, 0.717) is 0 Å². The van der Waals surface area contributed by atoms with E-state index in [1.54, 1.807) is 0 Å². The molecule has 0 aliphatic carbocycles. The second kappa shape index (κ2) is 13.4. The van der Waals surface area contributed by atoms with E-state index in [1.165, 1.54) is 0 Å². The first-order valence-electron chi connectivity index (χ1n) is 9.26. The third-order valence-electron chi connectivity index (χ3n) is 3.71. The van der Waals surface area contributed by atoms with E-state index < -0.39 is 107 Å². The lowest BCUT2D eigenvalue weighted by Crippen LogP contribution is -2.55. The highest BCUT2D eigenvalue weighted by atomic mass is 19.4. The summed E-state index contributed by atoms with van der Waals surface area (Å²) in [6, 6.07) is -2.99. The Morgan fingerprint density at radius 1 is 0.718 bits per heavy atom. The van der Waals surface area contributed by atoms with Crippen LogP contribution in [0.25, 0.3) is 0 Å². The van der Waals surface area contributed by atoms with Crippen molar-refractivity contribution in [3.63, 3.8) is 0 Å². The summed E-state index contributed by atoms with van der Waals surface area (Å²) in [5, 5.41) is 17.9. The van der Waals surface area contributed by atoms with Gasteiger partial charge in [-0.1, -0.05) is 10.0 Å². The standard InChI is InChI=1S/C14H12F9N5O11/c15-12(16,17)9(31)24-6(8(30)26(28(36)37)2-4-39-11(33)14(21,22)23)5-7(29)25(27(34)35)1-3-38-10(32)13(18,19)20/h6H,1-5H2,(H,24,31). The van der Waals surface area contributed by atoms with Gasteiger partial charge in [0.25, 0.3) is 5.91 Å². The van der Waals surface area contributed by atoms with Crippen molar-refractivity contribution in [2.24, 2.45) is 0 Å². The van der Waals surface area contributed by atoms with Gasteiger partial charge in [-0.2, -0.15) is 39.5 Å². The Labute approximate surface area is 206 Å². The van der Waals surface area contributed by atoms with Gasteiger partial charge in [-0.15, -0.1) is 0 Å². The summed E-state index contributed by atoms with van der Waals surface area (Å²) in [7, 11) is 0. The van der Waals surface area contributed by atoms with Gasteiger partial charge in [-0.3, -0.25) is 14.4 Å². The van der Waals surface area contributed by atoms with Crippen LogP contribution < -0.4 is 5.32 Å². The molecule has 222 valence electrons. The summed E-state index contributed by atoms with van der Waals surface area (Å²) in [4.78, 5) is 79.1. The van der Waals surface area contributed by atoms with Gasteiger partial charge in [0.15, 0.2) is 10.1 Å². The van der Waals surface area contributed by atoms with Crippen LogP contribution in [0.15, 0.2) is 0 Å². The minimum Gasteiger partial charge on any atom is -0.457 e. The van der Waals surface area contributed by atoms with Crippen molar-refractivity contribution in [3.8, 4) is 0 Å². The summed E-state index contributed by atoms with van der Waals surface area (Å²) in [5.74, 6) is -13.2. The number of hydrogen-bond acceptors (Lipinski definition) is 11. The Morgan fingerprint density at radius 2 is 1.10 bits per heavy atom. The molecular weight excluding hydrogens is 585 g/mol. The van der Waals surface area contributed by atoms with Crippen molar-refractivity contribution in [3.05, 3.63) is 20.2 Å². The number of nitro groups is 2. The number of nitrogens with one attached hydrogen (secondary N) is 1. The number of amides is 3. The van der Waals surface area contributed by atoms with Crippen molar-refractivity contribution in [1.82, 2.24) is 15.3 Å². The van der Waals surface area contributed by atoms with Crippen LogP contribution in [-0.2, 0) is 33.4 Å². The van der Waals surface area contributed by atoms with Crippen molar-refractivity contribution < 1.29 is 83.0 Å². The maximum Gasteiger partial charge on any atom is 0.490 e. The summed E-state index contributed by atoms with van der Waals surface area (Å²) in [6.07, 6.45) is -18.9. The van der Waals surface area contributed by atoms with Crippen LogP contribution in [0.5, 0.6) is 0 Å². The summed E-state index contributed by atoms with van der Waals surface area (Å²) < 4.78 is 118. The molecule has 3 amide bonds. The highest BCUT2D eigenvalue weighted by molar-refractivity contribution is 5.92. The van der Waals surface area contributed by atoms with Gasteiger partial charge in [0.1, 0.15) is 32.3 Å². The molecule has 16 nitrogen and oxygen atoms in total. The van der Waals surface area contributed by atoms with Crippen LogP contribution in [0, 0.1) is 20.2 Å². The third-order valence-corrected chi connectivity index (χ3v) is 3.71. The molecule has 0 rings (SSSR count). The van der Waals surface area contributed by atoms with Gasteiger partial charge in [-0.05, 0) is 0 Å². The van der Waals surface area contributed by atoms with Crippen LogP contribution in [0.1, 0.15) is 6.42 Å². The normalized spacial score (nSPS) is 12.5. The quantitative estimate of drug-likeness (QED) is 0.133. The summed E-state index contributed by atoms with van der Waals surface area (Å²) in [5.41, 5.74) is 0. The molecule has 1 unspecified atom stereocenters. The minimum atomic E-state index is -5.82. The number of nitrogens with zero attached hydrogens (tertiary/aromatic N) is 4. The Kier molecular flexibility index (Phi) is 11.8. The largest absolute Gasteiger partial charge is 0.490 e. The number of alkyl halides is 9. The molecule has 0 aromatic heterocycles. The molecule has 0 saturated carbocycles. The third kappa shape index (κ3) is 11.6. The number of ether oxygens (including phenoxy) is 2. The van der Waals surface area contributed by atoms with Crippen molar-refractivity contribution in [1.29, 1.82) is 0 Å². The number of carbonyl (C=O) groups is 5. The second-order valence-electron chi connectivity index (χ2n) is 6.45. The molecule has 25 heteroatoms. The van der Waals surface area contributed by atoms with Gasteiger partial charge in [0, 0.05) is 0 Å². The molecule has 0 aliphatic rings. The number of carbonyl (C=O) groups excluding carboxylic acids is 5. The molecule has 1 N–H and O–H groups in total. The lowest BCUT2D eigenvalue weighted by molar-refractivity contribution is -0.636. The zero-order valence-corrected chi connectivity index (χ0v) is 18.3. The molecule has 0 saturated heterocycles. The number of esters is 2. The van der Waals surface area contributed by atoms with Crippen LogP contribution >= 0.6 is 0 Å². The van der Waals surface area contributed by atoms with Gasteiger partial charge >= 0.3 is 42.3 Å². The zero-order valence-electron chi connectivity index (χ0n) is 18.3. The molecular formula is C14H12F9N5O11. The maximum absolute atomic E-state index is 12.6. The topological polar surface area (TPSA) is 209 Å². The maximum atomic E-state index is 12.6. The highest BCUT2D eigenvalue weighted by Crippen LogP contribution is 2.18. The number of hydrogen-bond donors (Lipinski definition) is 1. The molecule has 39 heavy (non-hydrogen) atoms. The zero-order chi connectivity index (χ0) is 30.9. The SMILES string of the molecule is O=C(CC(NC(=O)C(F)(F)F)C(=O)N(CCOC(=O)C(F)(F)F)[N+](=O)[O-])N(CCOC(=O)C(F)(F)F)[N+](=O)[O-]. The number of hydrazine groups is 2. The van der Waals surface area contributed by atoms with Gasteiger partial charge in [-0.25, -0.2) is 29.8 Å². The first-order chi connectivity index (χ1) is 17.5.